The maximum Gasteiger partial charge on any atom is 0.137 e. The third-order valence-corrected chi connectivity index (χ3v) is 3.96. The highest BCUT2D eigenvalue weighted by molar-refractivity contribution is 5.42. The number of rotatable bonds is 2. The summed E-state index contributed by atoms with van der Waals surface area (Å²) >= 11 is 0. The van der Waals surface area contributed by atoms with Gasteiger partial charge in [0, 0.05) is 0 Å². The molecule has 3 atom stereocenters. The van der Waals surface area contributed by atoms with Crippen LogP contribution in [-0.2, 0) is 0 Å². The SMILES string of the molecule is N#Cc1ccccc1OC1CC2CCC1C2. The molecule has 0 saturated heterocycles. The molecule has 3 rings (SSSR count). The molecule has 0 aliphatic heterocycles. The molecule has 3 unspecified atom stereocenters. The van der Waals surface area contributed by atoms with E-state index in [1.54, 1.807) is 0 Å². The van der Waals surface area contributed by atoms with Crippen molar-refractivity contribution < 1.29 is 4.74 Å². The van der Waals surface area contributed by atoms with E-state index >= 15 is 0 Å². The second-order valence-corrected chi connectivity index (χ2v) is 4.94. The smallest absolute Gasteiger partial charge is 0.137 e. The normalized spacial score (nSPS) is 31.3. The molecule has 1 aromatic carbocycles. The van der Waals surface area contributed by atoms with Gasteiger partial charge in [0.25, 0.3) is 0 Å². The first-order chi connectivity index (χ1) is 7.86. The Labute approximate surface area is 95.8 Å². The van der Waals surface area contributed by atoms with Gasteiger partial charge in [-0.15, -0.1) is 0 Å². The monoisotopic (exact) mass is 213 g/mol. The van der Waals surface area contributed by atoms with Gasteiger partial charge in [-0.05, 0) is 49.7 Å². The van der Waals surface area contributed by atoms with Crippen LogP contribution < -0.4 is 4.74 Å². The predicted molar refractivity (Wildman–Crippen MR) is 61.0 cm³/mol. The second-order valence-electron chi connectivity index (χ2n) is 4.94. The summed E-state index contributed by atoms with van der Waals surface area (Å²) in [6.07, 6.45) is 5.56. The summed E-state index contributed by atoms with van der Waals surface area (Å²) in [6, 6.07) is 9.73. The predicted octanol–water partition coefficient (Wildman–Crippen LogP) is 3.13. The Morgan fingerprint density at radius 3 is 2.75 bits per heavy atom. The molecule has 2 bridgehead atoms. The van der Waals surface area contributed by atoms with Crippen molar-refractivity contribution in [3.63, 3.8) is 0 Å². The number of benzene rings is 1. The first-order valence-electron chi connectivity index (χ1n) is 6.02. The van der Waals surface area contributed by atoms with Crippen molar-refractivity contribution in [1.29, 1.82) is 5.26 Å². The molecule has 0 amide bonds. The zero-order chi connectivity index (χ0) is 11.0. The van der Waals surface area contributed by atoms with Crippen LogP contribution in [0, 0.1) is 23.2 Å². The molecule has 2 saturated carbocycles. The second kappa shape index (κ2) is 3.83. The van der Waals surface area contributed by atoms with Gasteiger partial charge in [-0.2, -0.15) is 5.26 Å². The van der Waals surface area contributed by atoms with Gasteiger partial charge in [-0.25, -0.2) is 0 Å². The molecular formula is C14H15NO. The molecule has 2 aliphatic carbocycles. The maximum absolute atomic E-state index is 8.99. The lowest BCUT2D eigenvalue weighted by Gasteiger charge is -2.23. The Kier molecular flexibility index (Phi) is 2.32. The van der Waals surface area contributed by atoms with Crippen molar-refractivity contribution in [2.24, 2.45) is 11.8 Å². The molecule has 0 aromatic heterocycles. The van der Waals surface area contributed by atoms with Gasteiger partial charge in [0.1, 0.15) is 17.9 Å². The Bertz CT molecular complexity index is 435. The minimum absolute atomic E-state index is 0.355. The van der Waals surface area contributed by atoms with Crippen LogP contribution in [0.4, 0.5) is 0 Å². The summed E-state index contributed by atoms with van der Waals surface area (Å²) in [5, 5.41) is 8.99. The van der Waals surface area contributed by atoms with Crippen molar-refractivity contribution >= 4 is 0 Å². The molecule has 16 heavy (non-hydrogen) atoms. The minimum atomic E-state index is 0.355. The Morgan fingerprint density at radius 2 is 2.06 bits per heavy atom. The molecule has 82 valence electrons. The number of ether oxygens (including phenoxy) is 1. The Hall–Kier alpha value is -1.49. The molecule has 0 N–H and O–H groups in total. The average molecular weight is 213 g/mol. The molecule has 2 heteroatoms. The number of para-hydroxylation sites is 1. The van der Waals surface area contributed by atoms with Crippen molar-refractivity contribution in [1.82, 2.24) is 0 Å². The van der Waals surface area contributed by atoms with Crippen molar-refractivity contribution in [2.75, 3.05) is 0 Å². The van der Waals surface area contributed by atoms with E-state index in [1.807, 2.05) is 24.3 Å². The van der Waals surface area contributed by atoms with Crippen LogP contribution in [0.2, 0.25) is 0 Å². The van der Waals surface area contributed by atoms with E-state index in [0.29, 0.717) is 11.7 Å². The maximum atomic E-state index is 8.99. The molecule has 1 aromatic rings. The van der Waals surface area contributed by atoms with Crippen molar-refractivity contribution in [2.45, 2.75) is 31.8 Å². The van der Waals surface area contributed by atoms with E-state index < -0.39 is 0 Å². The van der Waals surface area contributed by atoms with E-state index in [0.717, 1.165) is 17.6 Å². The number of nitriles is 1. The molecule has 2 aliphatic rings. The van der Waals surface area contributed by atoms with E-state index in [4.69, 9.17) is 10.00 Å². The zero-order valence-corrected chi connectivity index (χ0v) is 9.23. The van der Waals surface area contributed by atoms with Crippen molar-refractivity contribution in [3.8, 4) is 11.8 Å². The van der Waals surface area contributed by atoms with Crippen LogP contribution in [0.5, 0.6) is 5.75 Å². The zero-order valence-electron chi connectivity index (χ0n) is 9.23. The van der Waals surface area contributed by atoms with Crippen LogP contribution in [0.15, 0.2) is 24.3 Å². The highest BCUT2D eigenvalue weighted by Crippen LogP contribution is 2.46. The van der Waals surface area contributed by atoms with Crippen LogP contribution in [0.25, 0.3) is 0 Å². The Morgan fingerprint density at radius 1 is 1.19 bits per heavy atom. The van der Waals surface area contributed by atoms with Gasteiger partial charge < -0.3 is 4.74 Å². The number of hydrogen-bond donors (Lipinski definition) is 0. The van der Waals surface area contributed by atoms with Crippen molar-refractivity contribution in [3.05, 3.63) is 29.8 Å². The first-order valence-corrected chi connectivity index (χ1v) is 6.02. The fraction of sp³-hybridized carbons (Fsp3) is 0.500. The average Bonchev–Trinajstić information content (AvgIpc) is 2.92. The fourth-order valence-corrected chi connectivity index (χ4v) is 3.16. The summed E-state index contributed by atoms with van der Waals surface area (Å²) in [5.74, 6) is 2.38. The first kappa shape index (κ1) is 9.72. The van der Waals surface area contributed by atoms with Crippen LogP contribution in [0.3, 0.4) is 0 Å². The lowest BCUT2D eigenvalue weighted by Crippen LogP contribution is -2.23. The lowest BCUT2D eigenvalue weighted by molar-refractivity contribution is 0.138. The van der Waals surface area contributed by atoms with Crippen LogP contribution in [0.1, 0.15) is 31.2 Å². The highest BCUT2D eigenvalue weighted by Gasteiger charge is 2.41. The largest absolute Gasteiger partial charge is 0.489 e. The van der Waals surface area contributed by atoms with Gasteiger partial charge in [0.05, 0.1) is 5.56 Å². The van der Waals surface area contributed by atoms with Gasteiger partial charge in [-0.3, -0.25) is 0 Å². The number of hydrogen-bond acceptors (Lipinski definition) is 2. The summed E-state index contributed by atoms with van der Waals surface area (Å²) in [7, 11) is 0. The third kappa shape index (κ3) is 1.57. The summed E-state index contributed by atoms with van der Waals surface area (Å²) in [5.41, 5.74) is 0.658. The third-order valence-electron chi connectivity index (χ3n) is 3.96. The minimum Gasteiger partial charge on any atom is -0.489 e. The number of nitrogens with zero attached hydrogens (tertiary/aromatic N) is 1. The molecule has 0 radical (unpaired) electrons. The van der Waals surface area contributed by atoms with Gasteiger partial charge >= 0.3 is 0 Å². The molecule has 0 heterocycles. The van der Waals surface area contributed by atoms with E-state index in [-0.39, 0.29) is 0 Å². The van der Waals surface area contributed by atoms with E-state index in [1.165, 1.54) is 25.7 Å². The summed E-state index contributed by atoms with van der Waals surface area (Å²) in [6.45, 7) is 0. The van der Waals surface area contributed by atoms with E-state index in [9.17, 15) is 0 Å². The fourth-order valence-electron chi connectivity index (χ4n) is 3.16. The molecule has 0 spiro atoms. The topological polar surface area (TPSA) is 33.0 Å². The van der Waals surface area contributed by atoms with Gasteiger partial charge in [0.15, 0.2) is 0 Å². The molecule has 2 fully saturated rings. The Balaban J connectivity index is 1.77. The van der Waals surface area contributed by atoms with Gasteiger partial charge in [-0.1, -0.05) is 12.1 Å². The van der Waals surface area contributed by atoms with Crippen LogP contribution in [-0.4, -0.2) is 6.10 Å². The quantitative estimate of drug-likeness (QED) is 0.756. The summed E-state index contributed by atoms with van der Waals surface area (Å²) in [4.78, 5) is 0. The summed E-state index contributed by atoms with van der Waals surface area (Å²) < 4.78 is 6.01. The number of fused-ring (bicyclic) bond motifs is 2. The van der Waals surface area contributed by atoms with Crippen LogP contribution >= 0.6 is 0 Å². The molecular weight excluding hydrogens is 198 g/mol. The van der Waals surface area contributed by atoms with Gasteiger partial charge in [0.2, 0.25) is 0 Å². The highest BCUT2D eigenvalue weighted by atomic mass is 16.5. The van der Waals surface area contributed by atoms with E-state index in [2.05, 4.69) is 6.07 Å². The molecule has 2 nitrogen and oxygen atoms in total. The standard InChI is InChI=1S/C14H15NO/c15-9-12-3-1-2-4-13(12)16-14-8-10-5-6-11(14)7-10/h1-4,10-11,14H,5-8H2. The lowest BCUT2D eigenvalue weighted by atomic mass is 9.97.